The summed E-state index contributed by atoms with van der Waals surface area (Å²) in [6, 6.07) is 0. The molecule has 0 unspecified atom stereocenters. The Morgan fingerprint density at radius 2 is 2.10 bits per heavy atom. The van der Waals surface area contributed by atoms with E-state index in [1.165, 1.54) is 6.42 Å². The van der Waals surface area contributed by atoms with E-state index in [4.69, 9.17) is 9.84 Å². The summed E-state index contributed by atoms with van der Waals surface area (Å²) < 4.78 is 5.50. The number of aliphatic hydroxyl groups is 1. The molecule has 1 rings (SSSR count). The summed E-state index contributed by atoms with van der Waals surface area (Å²) in [5, 5.41) is 8.73. The van der Waals surface area contributed by atoms with Crippen molar-refractivity contribution in [1.82, 2.24) is 0 Å². The van der Waals surface area contributed by atoms with Crippen molar-refractivity contribution in [2.45, 2.75) is 44.8 Å². The maximum atomic E-state index is 8.73. The molecule has 1 aliphatic rings. The predicted octanol–water partition coefficient (Wildman–Crippen LogP) is 1.33. The monoisotopic (exact) mass is 144 g/mol. The second-order valence-corrected chi connectivity index (χ2v) is 2.93. The van der Waals surface area contributed by atoms with E-state index in [-0.39, 0.29) is 12.7 Å². The summed E-state index contributed by atoms with van der Waals surface area (Å²) in [5.74, 6) is 0. The lowest BCUT2D eigenvalue weighted by atomic mass is 10.1. The van der Waals surface area contributed by atoms with Crippen LogP contribution in [0.25, 0.3) is 0 Å². The fraction of sp³-hybridized carbons (Fsp3) is 1.00. The Kier molecular flexibility index (Phi) is 3.16. The average Bonchev–Trinajstić information content (AvgIpc) is 2.37. The topological polar surface area (TPSA) is 29.5 Å². The molecule has 0 aromatic rings. The molecule has 0 aliphatic carbocycles. The normalized spacial score (nSPS) is 33.0. The van der Waals surface area contributed by atoms with Crippen molar-refractivity contribution in [2.24, 2.45) is 0 Å². The number of rotatable bonds is 3. The molecular formula is C8H16O2. The molecule has 10 heavy (non-hydrogen) atoms. The average molecular weight is 144 g/mol. The number of hydrogen-bond donors (Lipinski definition) is 1. The highest BCUT2D eigenvalue weighted by Gasteiger charge is 2.23. The first-order valence-corrected chi connectivity index (χ1v) is 4.13. The minimum atomic E-state index is 0.136. The van der Waals surface area contributed by atoms with Crippen LogP contribution in [0.3, 0.4) is 0 Å². The van der Waals surface area contributed by atoms with Crippen molar-refractivity contribution in [3.8, 4) is 0 Å². The van der Waals surface area contributed by atoms with Crippen molar-refractivity contribution in [3.05, 3.63) is 0 Å². The third-order valence-corrected chi connectivity index (χ3v) is 2.01. The molecule has 0 amide bonds. The van der Waals surface area contributed by atoms with Gasteiger partial charge in [-0.15, -0.1) is 0 Å². The Balaban J connectivity index is 2.15. The predicted molar refractivity (Wildman–Crippen MR) is 39.9 cm³/mol. The molecule has 0 spiro atoms. The number of ether oxygens (including phenoxy) is 1. The van der Waals surface area contributed by atoms with E-state index in [9.17, 15) is 0 Å². The Labute approximate surface area is 62.2 Å². The van der Waals surface area contributed by atoms with Crippen molar-refractivity contribution >= 4 is 0 Å². The second-order valence-electron chi connectivity index (χ2n) is 2.93. The smallest absolute Gasteiger partial charge is 0.0810 e. The molecule has 2 nitrogen and oxygen atoms in total. The van der Waals surface area contributed by atoms with Gasteiger partial charge in [0.1, 0.15) is 0 Å². The summed E-state index contributed by atoms with van der Waals surface area (Å²) in [6.45, 7) is 2.36. The van der Waals surface area contributed by atoms with Crippen LogP contribution in [0.5, 0.6) is 0 Å². The van der Waals surface area contributed by atoms with Gasteiger partial charge in [-0.2, -0.15) is 0 Å². The standard InChI is InChI=1S/C8H16O2/c1-2-3-7-4-5-8(6-9)10-7/h7-9H,2-6H2,1H3/t7-,8-/m0/s1. The fourth-order valence-electron chi connectivity index (χ4n) is 1.45. The Morgan fingerprint density at radius 3 is 2.60 bits per heavy atom. The summed E-state index contributed by atoms with van der Waals surface area (Å²) in [7, 11) is 0. The summed E-state index contributed by atoms with van der Waals surface area (Å²) in [6.07, 6.45) is 5.08. The highest BCUT2D eigenvalue weighted by Crippen LogP contribution is 2.22. The maximum absolute atomic E-state index is 8.73. The molecule has 0 bridgehead atoms. The third-order valence-electron chi connectivity index (χ3n) is 2.01. The van der Waals surface area contributed by atoms with E-state index in [0.29, 0.717) is 6.10 Å². The SMILES string of the molecule is CCC[C@H]1CC[C@@H](CO)O1. The Bertz CT molecular complexity index is 93.3. The van der Waals surface area contributed by atoms with Crippen molar-refractivity contribution in [1.29, 1.82) is 0 Å². The van der Waals surface area contributed by atoms with Gasteiger partial charge in [-0.3, -0.25) is 0 Å². The molecule has 1 heterocycles. The molecule has 0 radical (unpaired) electrons. The highest BCUT2D eigenvalue weighted by molar-refractivity contribution is 4.72. The van der Waals surface area contributed by atoms with Crippen LogP contribution in [0, 0.1) is 0 Å². The minimum Gasteiger partial charge on any atom is -0.394 e. The van der Waals surface area contributed by atoms with Gasteiger partial charge < -0.3 is 9.84 Å². The van der Waals surface area contributed by atoms with Gasteiger partial charge in [-0.1, -0.05) is 13.3 Å². The van der Waals surface area contributed by atoms with Crippen molar-refractivity contribution < 1.29 is 9.84 Å². The van der Waals surface area contributed by atoms with Crippen LogP contribution in [0.4, 0.5) is 0 Å². The third kappa shape index (κ3) is 1.96. The molecule has 1 aliphatic heterocycles. The lowest BCUT2D eigenvalue weighted by molar-refractivity contribution is 0.00833. The first kappa shape index (κ1) is 8.02. The van der Waals surface area contributed by atoms with Gasteiger partial charge in [0.25, 0.3) is 0 Å². The van der Waals surface area contributed by atoms with Gasteiger partial charge in [0, 0.05) is 0 Å². The molecular weight excluding hydrogens is 128 g/mol. The van der Waals surface area contributed by atoms with Gasteiger partial charge >= 0.3 is 0 Å². The van der Waals surface area contributed by atoms with Gasteiger partial charge in [0.2, 0.25) is 0 Å². The van der Waals surface area contributed by atoms with Gasteiger partial charge in [0.05, 0.1) is 18.8 Å². The van der Waals surface area contributed by atoms with Crippen LogP contribution in [0.2, 0.25) is 0 Å². The van der Waals surface area contributed by atoms with E-state index in [0.717, 1.165) is 19.3 Å². The van der Waals surface area contributed by atoms with Crippen molar-refractivity contribution in [2.75, 3.05) is 6.61 Å². The maximum Gasteiger partial charge on any atom is 0.0810 e. The lowest BCUT2D eigenvalue weighted by Gasteiger charge is -2.09. The van der Waals surface area contributed by atoms with Crippen LogP contribution in [-0.4, -0.2) is 23.9 Å². The van der Waals surface area contributed by atoms with E-state index in [2.05, 4.69) is 6.92 Å². The van der Waals surface area contributed by atoms with E-state index >= 15 is 0 Å². The first-order valence-electron chi connectivity index (χ1n) is 4.13. The van der Waals surface area contributed by atoms with E-state index in [1.807, 2.05) is 0 Å². The van der Waals surface area contributed by atoms with Crippen LogP contribution in [0.15, 0.2) is 0 Å². The molecule has 2 heteroatoms. The van der Waals surface area contributed by atoms with Gasteiger partial charge in [-0.05, 0) is 19.3 Å². The van der Waals surface area contributed by atoms with Crippen molar-refractivity contribution in [3.63, 3.8) is 0 Å². The highest BCUT2D eigenvalue weighted by atomic mass is 16.5. The molecule has 60 valence electrons. The lowest BCUT2D eigenvalue weighted by Crippen LogP contribution is -2.13. The minimum absolute atomic E-state index is 0.136. The van der Waals surface area contributed by atoms with Crippen LogP contribution in [-0.2, 0) is 4.74 Å². The van der Waals surface area contributed by atoms with Gasteiger partial charge in [-0.25, -0.2) is 0 Å². The summed E-state index contributed by atoms with van der Waals surface area (Å²) >= 11 is 0. The molecule has 0 aromatic heterocycles. The zero-order valence-corrected chi connectivity index (χ0v) is 6.55. The molecule has 2 atom stereocenters. The van der Waals surface area contributed by atoms with E-state index in [1.54, 1.807) is 0 Å². The van der Waals surface area contributed by atoms with Crippen LogP contribution >= 0.6 is 0 Å². The van der Waals surface area contributed by atoms with Crippen LogP contribution < -0.4 is 0 Å². The summed E-state index contributed by atoms with van der Waals surface area (Å²) in [4.78, 5) is 0. The summed E-state index contributed by atoms with van der Waals surface area (Å²) in [5.41, 5.74) is 0. The number of aliphatic hydroxyl groups excluding tert-OH is 1. The molecule has 1 N–H and O–H groups in total. The molecule has 0 saturated carbocycles. The Hall–Kier alpha value is -0.0800. The Morgan fingerprint density at radius 1 is 1.40 bits per heavy atom. The molecule has 1 saturated heterocycles. The first-order chi connectivity index (χ1) is 4.86. The zero-order chi connectivity index (χ0) is 7.40. The largest absolute Gasteiger partial charge is 0.394 e. The number of hydrogen-bond acceptors (Lipinski definition) is 2. The fourth-order valence-corrected chi connectivity index (χ4v) is 1.45. The van der Waals surface area contributed by atoms with E-state index < -0.39 is 0 Å². The zero-order valence-electron chi connectivity index (χ0n) is 6.55. The van der Waals surface area contributed by atoms with Gasteiger partial charge in [0.15, 0.2) is 0 Å². The molecule has 1 fully saturated rings. The quantitative estimate of drug-likeness (QED) is 0.647. The van der Waals surface area contributed by atoms with Crippen LogP contribution in [0.1, 0.15) is 32.6 Å². The second kappa shape index (κ2) is 3.94. The molecule has 0 aromatic carbocycles.